The van der Waals surface area contributed by atoms with E-state index in [2.05, 4.69) is 20.0 Å². The number of nitrogen functional groups attached to an aromatic ring is 1. The molecular weight excluding hydrogens is 554 g/mol. The molecule has 1 fully saturated rings. The molecule has 5 N–H and O–H groups in total. The Morgan fingerprint density at radius 3 is 2.74 bits per heavy atom. The van der Waals surface area contributed by atoms with Gasteiger partial charge in [0, 0.05) is 0 Å². The Bertz CT molecular complexity index is 1440. The number of aliphatic hydroxyl groups excluding tert-OH is 1. The number of hydrogen-bond donors (Lipinski definition) is 4. The summed E-state index contributed by atoms with van der Waals surface area (Å²) in [4.78, 5) is 34.9. The van der Waals surface area contributed by atoms with Crippen LogP contribution in [0.3, 0.4) is 0 Å². The van der Waals surface area contributed by atoms with Crippen molar-refractivity contribution in [3.8, 4) is 5.75 Å². The minimum atomic E-state index is -3.47. The van der Waals surface area contributed by atoms with Crippen LogP contribution in [0.1, 0.15) is 33.9 Å². The minimum absolute atomic E-state index is 0.0180. The van der Waals surface area contributed by atoms with Gasteiger partial charge in [-0.2, -0.15) is 4.98 Å². The molecule has 2 aromatic heterocycles. The number of aromatic nitrogens is 4. The molecule has 6 atom stereocenters. The lowest BCUT2D eigenvalue weighted by Gasteiger charge is -2.28. The van der Waals surface area contributed by atoms with Crippen LogP contribution in [0.25, 0.3) is 11.2 Å². The summed E-state index contributed by atoms with van der Waals surface area (Å²) in [5, 5.41) is 13.7. The lowest BCUT2D eigenvalue weighted by molar-refractivity contribution is -0.149. The third-order valence-corrected chi connectivity index (χ3v) is 8.35. The second kappa shape index (κ2) is 11.3. The summed E-state index contributed by atoms with van der Waals surface area (Å²) in [6.07, 6.45) is -3.50. The molecule has 1 aliphatic heterocycles. The van der Waals surface area contributed by atoms with Gasteiger partial charge in [0.05, 0.1) is 19.0 Å². The maximum atomic E-state index is 15.9. The number of nitrogens with one attached hydrogen (secondary N) is 2. The van der Waals surface area contributed by atoms with Gasteiger partial charge in [0.2, 0.25) is 5.95 Å². The fraction of sp³-hybridized carbons (Fsp3) is 0.478. The minimum Gasteiger partial charge on any atom is -0.462 e. The van der Waals surface area contributed by atoms with E-state index < -0.39 is 54.9 Å². The number of hydrogen-bond acceptors (Lipinski definition) is 11. The molecule has 39 heavy (non-hydrogen) atoms. The number of carbonyl (C=O) groups excluding carboxylic acids is 1. The number of aliphatic hydroxyl groups is 1. The lowest BCUT2D eigenvalue weighted by atomic mass is 9.98. The zero-order chi connectivity index (χ0) is 28.5. The van der Waals surface area contributed by atoms with E-state index in [4.69, 9.17) is 36.1 Å². The Kier molecular flexibility index (Phi) is 8.40. The first-order valence-corrected chi connectivity index (χ1v) is 14.7. The Labute approximate surface area is 228 Å². The zero-order valence-corrected chi connectivity index (χ0v) is 23.3. The van der Waals surface area contributed by atoms with Crippen LogP contribution in [-0.2, 0) is 30.6 Å². The molecule has 0 aliphatic carbocycles. The number of rotatable bonds is 10. The SMILES string of the molecule is CC(C)OC(=O)C(C)NP(=S)(OC[C@H]1O[C@@H](n2cnc3c(=O)[nH]c(N)nc32)C(C)(F)C1O)Oc1ccccc1. The van der Waals surface area contributed by atoms with Crippen molar-refractivity contribution in [2.24, 2.45) is 0 Å². The van der Waals surface area contributed by atoms with Crippen molar-refractivity contribution in [3.05, 3.63) is 47.0 Å². The highest BCUT2D eigenvalue weighted by Gasteiger charge is 2.55. The molecule has 0 radical (unpaired) electrons. The number of carbonyl (C=O) groups is 1. The molecular formula is C23H30FN6O7PS. The molecule has 4 unspecified atom stereocenters. The van der Waals surface area contributed by atoms with Gasteiger partial charge >= 0.3 is 12.6 Å². The van der Waals surface area contributed by atoms with E-state index in [9.17, 15) is 14.7 Å². The Hall–Kier alpha value is -2.94. The van der Waals surface area contributed by atoms with Gasteiger partial charge in [-0.05, 0) is 51.6 Å². The van der Waals surface area contributed by atoms with Crippen LogP contribution in [0.15, 0.2) is 41.5 Å². The van der Waals surface area contributed by atoms with Crippen LogP contribution in [0.4, 0.5) is 10.3 Å². The number of aromatic amines is 1. The van der Waals surface area contributed by atoms with Gasteiger partial charge in [-0.15, -0.1) is 0 Å². The maximum absolute atomic E-state index is 15.9. The molecule has 212 valence electrons. The van der Waals surface area contributed by atoms with E-state index in [1.165, 1.54) is 10.9 Å². The molecule has 0 bridgehead atoms. The summed E-state index contributed by atoms with van der Waals surface area (Å²) in [6, 6.07) is 7.66. The largest absolute Gasteiger partial charge is 0.462 e. The van der Waals surface area contributed by atoms with E-state index in [1.54, 1.807) is 51.1 Å². The van der Waals surface area contributed by atoms with Crippen molar-refractivity contribution in [1.29, 1.82) is 0 Å². The Balaban J connectivity index is 1.56. The Morgan fingerprint density at radius 2 is 2.08 bits per heavy atom. The highest BCUT2D eigenvalue weighted by molar-refractivity contribution is 8.09. The average molecular weight is 585 g/mol. The molecule has 1 saturated heterocycles. The third-order valence-electron chi connectivity index (χ3n) is 5.86. The smallest absolute Gasteiger partial charge is 0.323 e. The number of esters is 1. The summed E-state index contributed by atoms with van der Waals surface area (Å²) in [5.74, 6) is -0.386. The number of anilines is 1. The maximum Gasteiger partial charge on any atom is 0.323 e. The molecule has 0 amide bonds. The number of ether oxygens (including phenoxy) is 2. The van der Waals surface area contributed by atoms with E-state index in [1.807, 2.05) is 0 Å². The standard InChI is InChI=1S/C23H30FN6O7PS/c1-12(2)35-20(33)13(3)29-38(39,37-14-8-6-5-7-9-14)34-10-15-17(31)23(4,24)21(36-15)30-11-26-16-18(30)27-22(25)28-19(16)32/h5-9,11-13,15,17,21,31H,10H2,1-4H3,(H,29,39)(H3,25,27,28,32)/t13?,15-,17?,21-,23?,38?/m1/s1. The predicted molar refractivity (Wildman–Crippen MR) is 143 cm³/mol. The zero-order valence-electron chi connectivity index (χ0n) is 21.6. The van der Waals surface area contributed by atoms with Crippen molar-refractivity contribution in [1.82, 2.24) is 24.6 Å². The fourth-order valence-electron chi connectivity index (χ4n) is 3.97. The average Bonchev–Trinajstić information content (AvgIpc) is 3.36. The van der Waals surface area contributed by atoms with Crippen LogP contribution >= 0.6 is 6.64 Å². The first-order chi connectivity index (χ1) is 18.3. The quantitative estimate of drug-likeness (QED) is 0.202. The number of para-hydroxylation sites is 1. The van der Waals surface area contributed by atoms with Gasteiger partial charge < -0.3 is 29.4 Å². The molecule has 3 heterocycles. The molecule has 0 spiro atoms. The molecule has 1 aromatic carbocycles. The van der Waals surface area contributed by atoms with Gasteiger partial charge in [0.1, 0.15) is 24.0 Å². The Morgan fingerprint density at radius 1 is 1.38 bits per heavy atom. The molecule has 13 nitrogen and oxygen atoms in total. The highest BCUT2D eigenvalue weighted by Crippen LogP contribution is 2.48. The number of fused-ring (bicyclic) bond motifs is 1. The second-order valence-corrected chi connectivity index (χ2v) is 12.6. The molecule has 4 rings (SSSR count). The van der Waals surface area contributed by atoms with Gasteiger partial charge in [-0.25, -0.2) is 14.5 Å². The second-order valence-electron chi connectivity index (χ2n) is 9.43. The number of benzene rings is 1. The topological polar surface area (TPSA) is 176 Å². The monoisotopic (exact) mass is 584 g/mol. The fourth-order valence-corrected chi connectivity index (χ4v) is 6.39. The van der Waals surface area contributed by atoms with Crippen LogP contribution in [-0.4, -0.2) is 67.2 Å². The summed E-state index contributed by atoms with van der Waals surface area (Å²) in [6.45, 7) is 2.24. The van der Waals surface area contributed by atoms with Crippen molar-refractivity contribution in [2.45, 2.75) is 63.9 Å². The van der Waals surface area contributed by atoms with Crippen LogP contribution in [0.2, 0.25) is 0 Å². The summed E-state index contributed by atoms with van der Waals surface area (Å²) in [5.41, 5.74) is 2.59. The van der Waals surface area contributed by atoms with Crippen molar-refractivity contribution >= 4 is 41.5 Å². The third kappa shape index (κ3) is 6.29. The van der Waals surface area contributed by atoms with Crippen LogP contribution in [0.5, 0.6) is 5.75 Å². The molecule has 16 heteroatoms. The first-order valence-electron chi connectivity index (χ1n) is 12.0. The van der Waals surface area contributed by atoms with Gasteiger partial charge in [0.15, 0.2) is 23.1 Å². The van der Waals surface area contributed by atoms with E-state index in [-0.39, 0.29) is 23.2 Å². The molecule has 0 saturated carbocycles. The van der Waals surface area contributed by atoms with Crippen LogP contribution < -0.4 is 20.9 Å². The predicted octanol–water partition coefficient (Wildman–Crippen LogP) is 1.94. The van der Waals surface area contributed by atoms with Gasteiger partial charge in [-0.1, -0.05) is 18.2 Å². The summed E-state index contributed by atoms with van der Waals surface area (Å²) < 4.78 is 40.0. The number of imidazole rings is 1. The van der Waals surface area contributed by atoms with Crippen molar-refractivity contribution in [2.75, 3.05) is 12.3 Å². The van der Waals surface area contributed by atoms with Crippen molar-refractivity contribution < 1.29 is 32.8 Å². The van der Waals surface area contributed by atoms with E-state index in [0.717, 1.165) is 6.92 Å². The normalized spacial score (nSPS) is 25.5. The highest BCUT2D eigenvalue weighted by atomic mass is 32.5. The number of H-pyrrole nitrogens is 1. The van der Waals surface area contributed by atoms with Crippen LogP contribution in [0, 0.1) is 0 Å². The van der Waals surface area contributed by atoms with E-state index >= 15 is 4.39 Å². The number of alkyl halides is 1. The molecule has 1 aliphatic rings. The lowest BCUT2D eigenvalue weighted by Crippen LogP contribution is -2.41. The van der Waals surface area contributed by atoms with Crippen molar-refractivity contribution in [3.63, 3.8) is 0 Å². The summed E-state index contributed by atoms with van der Waals surface area (Å²) in [7, 11) is 0. The van der Waals surface area contributed by atoms with Gasteiger partial charge in [0.25, 0.3) is 5.56 Å². The van der Waals surface area contributed by atoms with Gasteiger partial charge in [-0.3, -0.25) is 19.1 Å². The van der Waals surface area contributed by atoms with E-state index in [0.29, 0.717) is 5.75 Å². The first kappa shape index (κ1) is 29.1. The molecule has 3 aromatic rings. The summed E-state index contributed by atoms with van der Waals surface area (Å²) >= 11 is 5.66. The number of nitrogens with two attached hydrogens (primary N) is 1. The number of halogens is 1. The number of nitrogens with zero attached hydrogens (tertiary/aromatic N) is 3.